The van der Waals surface area contributed by atoms with Crippen LogP contribution in [0.3, 0.4) is 0 Å². The van der Waals surface area contributed by atoms with Crippen LogP contribution in [0.5, 0.6) is 0 Å². The Kier molecular flexibility index (Phi) is 1.29. The third kappa shape index (κ3) is 0.644. The zero-order chi connectivity index (χ0) is 4.41. The molecular weight excluding hydrogens is 101 g/mol. The van der Waals surface area contributed by atoms with Crippen molar-refractivity contribution in [1.82, 2.24) is 5.32 Å². The van der Waals surface area contributed by atoms with E-state index in [1.54, 1.807) is 0 Å². The van der Waals surface area contributed by atoms with E-state index >= 15 is 0 Å². The Hall–Kier alpha value is 0.210. The second-order valence-electron chi connectivity index (χ2n) is 1.37. The molecule has 1 N–H and O–H groups in total. The van der Waals surface area contributed by atoms with Crippen LogP contribution in [0.2, 0.25) is 0 Å². The number of hydrogen-bond donors (Lipinski definition) is 1. The van der Waals surface area contributed by atoms with Gasteiger partial charge in [-0.3, -0.25) is 4.29 Å². The highest BCUT2D eigenvalue weighted by Crippen LogP contribution is 1.98. The van der Waals surface area contributed by atoms with E-state index in [1.807, 2.05) is 0 Å². The van der Waals surface area contributed by atoms with Gasteiger partial charge in [-0.05, 0) is 0 Å². The fourth-order valence-electron chi connectivity index (χ4n) is 0.325. The maximum Gasteiger partial charge on any atom is 0.104 e. The molecule has 0 aliphatic carbocycles. The lowest BCUT2D eigenvalue weighted by Gasteiger charge is -2.22. The van der Waals surface area contributed by atoms with Gasteiger partial charge in [0, 0.05) is 13.1 Å². The number of nitrogens with one attached hydrogen (secondary N) is 1. The third-order valence-electron chi connectivity index (χ3n) is 0.870. The van der Waals surface area contributed by atoms with Crippen molar-refractivity contribution in [3.8, 4) is 0 Å². The SMILES string of the molecule is ClOC1CNC1. The van der Waals surface area contributed by atoms with Crippen LogP contribution in [0.25, 0.3) is 0 Å². The lowest BCUT2D eigenvalue weighted by Crippen LogP contribution is -2.46. The molecule has 0 radical (unpaired) electrons. The second kappa shape index (κ2) is 1.78. The summed E-state index contributed by atoms with van der Waals surface area (Å²) in [6.07, 6.45) is 0.270. The van der Waals surface area contributed by atoms with Crippen LogP contribution < -0.4 is 5.32 Å². The van der Waals surface area contributed by atoms with Gasteiger partial charge in [-0.2, -0.15) is 0 Å². The Balaban J connectivity index is 2.01. The van der Waals surface area contributed by atoms with Crippen molar-refractivity contribution in [3.63, 3.8) is 0 Å². The Bertz CT molecular complexity index is 43.3. The van der Waals surface area contributed by atoms with Crippen LogP contribution in [0.1, 0.15) is 0 Å². The van der Waals surface area contributed by atoms with E-state index in [0.717, 1.165) is 13.1 Å². The van der Waals surface area contributed by atoms with Gasteiger partial charge >= 0.3 is 0 Å². The molecule has 3 heteroatoms. The van der Waals surface area contributed by atoms with Crippen molar-refractivity contribution in [2.75, 3.05) is 13.1 Å². The maximum absolute atomic E-state index is 4.96. The van der Waals surface area contributed by atoms with Gasteiger partial charge in [-0.1, -0.05) is 0 Å². The number of rotatable bonds is 1. The summed E-state index contributed by atoms with van der Waals surface area (Å²) in [6, 6.07) is 0. The molecule has 0 unspecified atom stereocenters. The predicted octanol–water partition coefficient (Wildman–Crippen LogP) is 0.129. The quantitative estimate of drug-likeness (QED) is 0.514. The predicted molar refractivity (Wildman–Crippen MR) is 23.6 cm³/mol. The summed E-state index contributed by atoms with van der Waals surface area (Å²) in [5, 5.41) is 3.00. The van der Waals surface area contributed by atoms with Gasteiger partial charge in [0.2, 0.25) is 0 Å². The molecule has 0 saturated carbocycles. The van der Waals surface area contributed by atoms with Crippen molar-refractivity contribution in [2.24, 2.45) is 0 Å². The molecule has 1 saturated heterocycles. The smallest absolute Gasteiger partial charge is 0.104 e. The summed E-state index contributed by atoms with van der Waals surface area (Å²) >= 11 is 4.96. The van der Waals surface area contributed by atoms with Crippen LogP contribution >= 0.6 is 11.9 Å². The van der Waals surface area contributed by atoms with E-state index in [9.17, 15) is 0 Å². The van der Waals surface area contributed by atoms with Gasteiger partial charge in [0.1, 0.15) is 6.10 Å². The topological polar surface area (TPSA) is 21.3 Å². The summed E-state index contributed by atoms with van der Waals surface area (Å²) in [6.45, 7) is 1.81. The average molecular weight is 108 g/mol. The van der Waals surface area contributed by atoms with E-state index in [1.165, 1.54) is 0 Å². The van der Waals surface area contributed by atoms with Crippen molar-refractivity contribution in [1.29, 1.82) is 0 Å². The van der Waals surface area contributed by atoms with Gasteiger partial charge < -0.3 is 5.32 Å². The maximum atomic E-state index is 4.96. The lowest BCUT2D eigenvalue weighted by atomic mass is 10.2. The van der Waals surface area contributed by atoms with Crippen molar-refractivity contribution >= 4 is 11.9 Å². The highest BCUT2D eigenvalue weighted by atomic mass is 35.5. The molecule has 1 heterocycles. The fourth-order valence-corrected chi connectivity index (χ4v) is 0.451. The molecule has 1 rings (SSSR count). The largest absolute Gasteiger partial charge is 0.311 e. The average Bonchev–Trinajstić information content (AvgIpc) is 1.31. The van der Waals surface area contributed by atoms with Crippen LogP contribution in [0, 0.1) is 0 Å². The first kappa shape index (κ1) is 4.37. The van der Waals surface area contributed by atoms with Crippen molar-refractivity contribution in [2.45, 2.75) is 6.10 Å². The van der Waals surface area contributed by atoms with Crippen LogP contribution in [-0.4, -0.2) is 19.2 Å². The minimum absolute atomic E-state index is 0.270. The molecule has 0 aromatic carbocycles. The molecule has 0 atom stereocenters. The van der Waals surface area contributed by atoms with Gasteiger partial charge in [-0.25, -0.2) is 0 Å². The van der Waals surface area contributed by atoms with Crippen LogP contribution in [-0.2, 0) is 4.29 Å². The molecule has 1 fully saturated rings. The summed E-state index contributed by atoms with van der Waals surface area (Å²) in [7, 11) is 0. The molecule has 0 aromatic rings. The molecule has 0 bridgehead atoms. The minimum Gasteiger partial charge on any atom is -0.311 e. The first-order valence-electron chi connectivity index (χ1n) is 1.91. The van der Waals surface area contributed by atoms with Crippen LogP contribution in [0.4, 0.5) is 0 Å². The molecule has 0 aromatic heterocycles. The molecule has 2 nitrogen and oxygen atoms in total. The third-order valence-corrected chi connectivity index (χ3v) is 1.12. The van der Waals surface area contributed by atoms with Crippen molar-refractivity contribution in [3.05, 3.63) is 0 Å². The van der Waals surface area contributed by atoms with Gasteiger partial charge in [0.15, 0.2) is 0 Å². The van der Waals surface area contributed by atoms with E-state index in [-0.39, 0.29) is 6.10 Å². The van der Waals surface area contributed by atoms with E-state index < -0.39 is 0 Å². The molecule has 6 heavy (non-hydrogen) atoms. The molecule has 0 amide bonds. The van der Waals surface area contributed by atoms with Crippen molar-refractivity contribution < 1.29 is 4.29 Å². The Morgan fingerprint density at radius 3 is 2.33 bits per heavy atom. The van der Waals surface area contributed by atoms with Gasteiger partial charge in [-0.15, -0.1) is 0 Å². The number of hydrogen-bond acceptors (Lipinski definition) is 2. The summed E-state index contributed by atoms with van der Waals surface area (Å²) in [5.74, 6) is 0. The van der Waals surface area contributed by atoms with Gasteiger partial charge in [0.05, 0.1) is 11.9 Å². The highest BCUT2D eigenvalue weighted by molar-refractivity contribution is 6.07. The summed E-state index contributed by atoms with van der Waals surface area (Å²) in [4.78, 5) is 0. The summed E-state index contributed by atoms with van der Waals surface area (Å²) < 4.78 is 4.40. The van der Waals surface area contributed by atoms with E-state index in [4.69, 9.17) is 11.9 Å². The van der Waals surface area contributed by atoms with Gasteiger partial charge in [0.25, 0.3) is 0 Å². The molecule has 0 spiro atoms. The van der Waals surface area contributed by atoms with Crippen LogP contribution in [0.15, 0.2) is 0 Å². The fraction of sp³-hybridized carbons (Fsp3) is 1.00. The second-order valence-corrected chi connectivity index (χ2v) is 1.55. The number of halogens is 1. The molecule has 1 aliphatic rings. The highest BCUT2D eigenvalue weighted by Gasteiger charge is 2.15. The molecular formula is C3H6ClNO. The van der Waals surface area contributed by atoms with E-state index in [0.29, 0.717) is 0 Å². The first-order valence-corrected chi connectivity index (χ1v) is 2.22. The molecule has 36 valence electrons. The lowest BCUT2D eigenvalue weighted by molar-refractivity contribution is 0.157. The Labute approximate surface area is 41.6 Å². The Morgan fingerprint density at radius 1 is 1.67 bits per heavy atom. The first-order chi connectivity index (χ1) is 2.93. The zero-order valence-corrected chi connectivity index (χ0v) is 4.03. The zero-order valence-electron chi connectivity index (χ0n) is 3.28. The Morgan fingerprint density at radius 2 is 2.33 bits per heavy atom. The monoisotopic (exact) mass is 107 g/mol. The minimum atomic E-state index is 0.270. The molecule has 1 aliphatic heterocycles. The normalized spacial score (nSPS) is 23.5. The summed E-state index contributed by atoms with van der Waals surface area (Å²) in [5.41, 5.74) is 0. The van der Waals surface area contributed by atoms with E-state index in [2.05, 4.69) is 9.61 Å². The standard InChI is InChI=1S/C3H6ClNO/c4-6-3-1-5-2-3/h3,5H,1-2H2.